The lowest BCUT2D eigenvalue weighted by atomic mass is 9.20. The summed E-state index contributed by atoms with van der Waals surface area (Å²) in [5.74, 6) is 0. The van der Waals surface area contributed by atoms with Gasteiger partial charge >= 0.3 is 0 Å². The first kappa shape index (κ1) is 36.5. The third kappa shape index (κ3) is 4.38. The standard InChI is InChI=1S/2C21H33B/c2*1-12-13(2)17(6)20(9,16(12)5)22(11)21(10)18(7)14(3)15(4)19(21)8/h2*1-11H3. The normalized spacial score (nSPS) is 24.1. The van der Waals surface area contributed by atoms with Crippen molar-refractivity contribution in [1.82, 2.24) is 0 Å². The van der Waals surface area contributed by atoms with Crippen LogP contribution in [-0.2, 0) is 0 Å². The molecule has 0 amide bonds. The van der Waals surface area contributed by atoms with Gasteiger partial charge in [0, 0.05) is 0 Å². The molecule has 240 valence electrons. The lowest BCUT2D eigenvalue weighted by molar-refractivity contribution is 0.725. The second-order valence-corrected chi connectivity index (χ2v) is 16.3. The van der Waals surface area contributed by atoms with Crippen LogP contribution in [0.25, 0.3) is 0 Å². The van der Waals surface area contributed by atoms with E-state index in [2.05, 4.69) is 152 Å². The lowest BCUT2D eigenvalue weighted by Gasteiger charge is -2.45. The van der Waals surface area contributed by atoms with Gasteiger partial charge in [-0.3, -0.25) is 0 Å². The van der Waals surface area contributed by atoms with Gasteiger partial charge in [0.1, 0.15) is 0 Å². The largest absolute Gasteiger partial charge is 0.169 e. The molecular formula is C42H66B2. The third-order valence-electron chi connectivity index (χ3n) is 16.4. The van der Waals surface area contributed by atoms with Crippen LogP contribution < -0.4 is 0 Å². The molecule has 0 heterocycles. The third-order valence-corrected chi connectivity index (χ3v) is 16.4. The Kier molecular flexibility index (Phi) is 9.45. The van der Waals surface area contributed by atoms with Crippen molar-refractivity contribution < 1.29 is 0 Å². The summed E-state index contributed by atoms with van der Waals surface area (Å²) < 4.78 is 0. The summed E-state index contributed by atoms with van der Waals surface area (Å²) in [6.07, 6.45) is 0. The van der Waals surface area contributed by atoms with E-state index < -0.39 is 0 Å². The Morgan fingerprint density at radius 2 is 0.341 bits per heavy atom. The molecular weight excluding hydrogens is 526 g/mol. The molecule has 4 rings (SSSR count). The van der Waals surface area contributed by atoms with Gasteiger partial charge in [-0.05, 0) is 177 Å². The number of allylic oxidation sites excluding steroid dienone is 16. The molecule has 4 aliphatic rings. The molecule has 44 heavy (non-hydrogen) atoms. The number of rotatable bonds is 4. The second kappa shape index (κ2) is 11.4. The van der Waals surface area contributed by atoms with Crippen molar-refractivity contribution in [3.05, 3.63) is 89.2 Å². The van der Waals surface area contributed by atoms with Crippen molar-refractivity contribution in [3.8, 4) is 0 Å². The molecule has 0 atom stereocenters. The highest BCUT2D eigenvalue weighted by Gasteiger charge is 2.55. The van der Waals surface area contributed by atoms with Crippen molar-refractivity contribution in [2.75, 3.05) is 0 Å². The predicted octanol–water partition coefficient (Wildman–Crippen LogP) is 14.0. The molecule has 0 radical (unpaired) electrons. The summed E-state index contributed by atoms with van der Waals surface area (Å²) in [4.78, 5) is 0. The van der Waals surface area contributed by atoms with Gasteiger partial charge in [-0.25, -0.2) is 0 Å². The Labute approximate surface area is 275 Å². The summed E-state index contributed by atoms with van der Waals surface area (Å²) in [7, 11) is 0. The van der Waals surface area contributed by atoms with Crippen LogP contribution in [0, 0.1) is 0 Å². The molecule has 0 saturated carbocycles. The molecule has 0 aromatic carbocycles. The van der Waals surface area contributed by atoms with E-state index >= 15 is 0 Å². The predicted molar refractivity (Wildman–Crippen MR) is 204 cm³/mol. The van der Waals surface area contributed by atoms with E-state index in [0.717, 1.165) is 0 Å². The zero-order valence-electron chi connectivity index (χ0n) is 33.2. The van der Waals surface area contributed by atoms with Crippen molar-refractivity contribution in [1.29, 1.82) is 0 Å². The minimum absolute atomic E-state index is 0.163. The number of hydrogen-bond acceptors (Lipinski definition) is 0. The van der Waals surface area contributed by atoms with Crippen LogP contribution in [0.4, 0.5) is 0 Å². The summed E-state index contributed by atoms with van der Waals surface area (Å²) >= 11 is 0. The second-order valence-electron chi connectivity index (χ2n) is 16.3. The minimum Gasteiger partial charge on any atom is -0.0839 e. The molecule has 0 bridgehead atoms. The fourth-order valence-electron chi connectivity index (χ4n) is 10.2. The van der Waals surface area contributed by atoms with Crippen LogP contribution in [0.15, 0.2) is 89.2 Å². The van der Waals surface area contributed by atoms with E-state index in [1.165, 1.54) is 44.6 Å². The van der Waals surface area contributed by atoms with Crippen molar-refractivity contribution in [2.45, 2.75) is 173 Å². The first-order valence-electron chi connectivity index (χ1n) is 17.3. The van der Waals surface area contributed by atoms with E-state index in [1.54, 1.807) is 44.6 Å². The fourth-order valence-corrected chi connectivity index (χ4v) is 10.2. The Hall–Kier alpha value is -1.95. The van der Waals surface area contributed by atoms with E-state index in [1.807, 2.05) is 0 Å². The van der Waals surface area contributed by atoms with Crippen molar-refractivity contribution in [3.63, 3.8) is 0 Å². The first-order chi connectivity index (χ1) is 19.9. The van der Waals surface area contributed by atoms with Gasteiger partial charge in [-0.2, -0.15) is 0 Å². The van der Waals surface area contributed by atoms with Gasteiger partial charge in [0.05, 0.1) is 0 Å². The first-order valence-corrected chi connectivity index (χ1v) is 17.3. The Morgan fingerprint density at radius 3 is 0.432 bits per heavy atom. The molecule has 0 fully saturated rings. The Bertz CT molecular complexity index is 1230. The average molecular weight is 593 g/mol. The van der Waals surface area contributed by atoms with E-state index in [-0.39, 0.29) is 21.3 Å². The van der Waals surface area contributed by atoms with E-state index in [4.69, 9.17) is 0 Å². The molecule has 2 heteroatoms. The summed E-state index contributed by atoms with van der Waals surface area (Å²) in [5, 5.41) is 0.652. The molecule has 0 aromatic rings. The maximum Gasteiger partial charge on any atom is 0.169 e. The topological polar surface area (TPSA) is 0 Å². The fraction of sp³-hybridized carbons (Fsp3) is 0.619. The summed E-state index contributed by atoms with van der Waals surface area (Å²) in [6.45, 7) is 53.1. The lowest BCUT2D eigenvalue weighted by Crippen LogP contribution is -2.40. The smallest absolute Gasteiger partial charge is 0.0839 e. The van der Waals surface area contributed by atoms with Crippen LogP contribution in [0.5, 0.6) is 0 Å². The van der Waals surface area contributed by atoms with Crippen molar-refractivity contribution >= 4 is 13.4 Å². The van der Waals surface area contributed by atoms with Gasteiger partial charge in [0.15, 0.2) is 13.4 Å². The summed E-state index contributed by atoms with van der Waals surface area (Å²) in [6, 6.07) is 0. The average Bonchev–Trinajstić information content (AvgIpc) is 3.40. The summed E-state index contributed by atoms with van der Waals surface area (Å²) in [5.41, 5.74) is 24.6. The van der Waals surface area contributed by atoms with Crippen LogP contribution in [0.1, 0.15) is 138 Å². The van der Waals surface area contributed by atoms with Crippen LogP contribution in [-0.4, -0.2) is 13.4 Å². The molecule has 0 N–H and O–H groups in total. The van der Waals surface area contributed by atoms with Crippen molar-refractivity contribution in [2.24, 2.45) is 0 Å². The zero-order valence-corrected chi connectivity index (χ0v) is 33.2. The van der Waals surface area contributed by atoms with Crippen LogP contribution in [0.3, 0.4) is 0 Å². The minimum atomic E-state index is 0.163. The maximum atomic E-state index is 2.47. The van der Waals surface area contributed by atoms with Gasteiger partial charge in [0.25, 0.3) is 0 Å². The van der Waals surface area contributed by atoms with E-state index in [0.29, 0.717) is 13.4 Å². The quantitative estimate of drug-likeness (QED) is 0.285. The molecule has 0 nitrogen and oxygen atoms in total. The van der Waals surface area contributed by atoms with Gasteiger partial charge < -0.3 is 0 Å². The van der Waals surface area contributed by atoms with Gasteiger partial charge in [0.2, 0.25) is 0 Å². The van der Waals surface area contributed by atoms with Gasteiger partial charge in [-0.15, -0.1) is 0 Å². The maximum absolute atomic E-state index is 2.47. The highest BCUT2D eigenvalue weighted by molar-refractivity contribution is 6.68. The number of hydrogen-bond donors (Lipinski definition) is 0. The molecule has 0 spiro atoms. The molecule has 0 aliphatic heterocycles. The Morgan fingerprint density at radius 1 is 0.250 bits per heavy atom. The highest BCUT2D eigenvalue weighted by atomic mass is 14.4. The van der Waals surface area contributed by atoms with E-state index in [9.17, 15) is 0 Å². The molecule has 0 saturated heterocycles. The van der Waals surface area contributed by atoms with Gasteiger partial charge in [-0.1, -0.05) is 85.9 Å². The SMILES string of the molecule is CB(C1(C)C(C)=C(C)C(C)=C1C)C1(C)C(C)=C(C)C(C)=C1C.CB(C1(C)C(C)=C(C)C(C)=C1C)C1(C)C(C)=C(C)C(C)=C1C. The highest BCUT2D eigenvalue weighted by Crippen LogP contribution is 2.66. The monoisotopic (exact) mass is 593 g/mol. The molecule has 0 aromatic heterocycles. The zero-order chi connectivity index (χ0) is 34.4. The molecule has 4 aliphatic carbocycles. The van der Waals surface area contributed by atoms with Crippen LogP contribution in [0.2, 0.25) is 34.9 Å². The molecule has 0 unspecified atom stereocenters. The van der Waals surface area contributed by atoms with Crippen LogP contribution >= 0.6 is 0 Å². The Balaban J connectivity index is 0.000000240.